The molecule has 0 amide bonds. The van der Waals surface area contributed by atoms with Gasteiger partial charge in [0.2, 0.25) is 0 Å². The number of rotatable bonds is 7. The lowest BCUT2D eigenvalue weighted by atomic mass is 9.92. The third-order valence-corrected chi connectivity index (χ3v) is 9.50. The van der Waals surface area contributed by atoms with Crippen molar-refractivity contribution in [3.8, 4) is 0 Å². The van der Waals surface area contributed by atoms with Gasteiger partial charge >= 0.3 is 0 Å². The van der Waals surface area contributed by atoms with Crippen LogP contribution in [-0.4, -0.2) is 26.9 Å². The van der Waals surface area contributed by atoms with Crippen LogP contribution in [0.3, 0.4) is 0 Å². The van der Waals surface area contributed by atoms with Crippen LogP contribution in [0.2, 0.25) is 0 Å². The van der Waals surface area contributed by atoms with Gasteiger partial charge in [-0.1, -0.05) is 133 Å². The van der Waals surface area contributed by atoms with E-state index in [2.05, 4.69) is 158 Å². The van der Waals surface area contributed by atoms with Crippen molar-refractivity contribution in [3.05, 3.63) is 180 Å². The highest BCUT2D eigenvalue weighted by Crippen LogP contribution is 2.33. The van der Waals surface area contributed by atoms with E-state index in [4.69, 9.17) is 0 Å². The van der Waals surface area contributed by atoms with Crippen LogP contribution in [0.15, 0.2) is 157 Å². The van der Waals surface area contributed by atoms with Gasteiger partial charge in [0.05, 0.1) is 21.0 Å². The highest BCUT2D eigenvalue weighted by atomic mass is 28.2. The number of hydrogen-bond donors (Lipinski definition) is 0. The number of benzene rings is 4. The molecule has 0 unspecified atom stereocenters. The van der Waals surface area contributed by atoms with Crippen LogP contribution >= 0.6 is 0 Å². The second-order valence-electron chi connectivity index (χ2n) is 9.48. The van der Waals surface area contributed by atoms with E-state index in [1.54, 1.807) is 0 Å². The lowest BCUT2D eigenvalue weighted by molar-refractivity contribution is 0.596. The summed E-state index contributed by atoms with van der Waals surface area (Å²) in [5.74, 6) is 2.16. The summed E-state index contributed by atoms with van der Waals surface area (Å²) in [6.07, 6.45) is 5.91. The van der Waals surface area contributed by atoms with Crippen LogP contribution in [0.5, 0.6) is 0 Å². The van der Waals surface area contributed by atoms with Crippen molar-refractivity contribution < 1.29 is 0 Å². The molecule has 0 fully saturated rings. The third-order valence-electron chi connectivity index (χ3n) is 6.71. The van der Waals surface area contributed by atoms with Crippen molar-refractivity contribution in [1.29, 1.82) is 0 Å². The summed E-state index contributed by atoms with van der Waals surface area (Å²) in [5.41, 5.74) is 10.3. The molecule has 0 saturated carbocycles. The molecule has 38 heavy (non-hydrogen) atoms. The van der Waals surface area contributed by atoms with Gasteiger partial charge in [0.1, 0.15) is 7.85 Å². The maximum atomic E-state index is 4.33. The van der Waals surface area contributed by atoms with Gasteiger partial charge in [-0.25, -0.2) is 4.98 Å². The molecule has 4 aromatic carbocycles. The molecule has 0 bridgehead atoms. The highest BCUT2D eigenvalue weighted by Gasteiger charge is 2.35. The predicted molar refractivity (Wildman–Crippen MR) is 168 cm³/mol. The summed E-state index contributed by atoms with van der Waals surface area (Å²) in [4.78, 5) is 4.33. The fraction of sp³-hybridized carbons (Fsp3) is 0.0882. The van der Waals surface area contributed by atoms with E-state index in [1.165, 1.54) is 33.4 Å². The molecule has 0 spiro atoms. The molecule has 0 radical (unpaired) electrons. The monoisotopic (exact) mass is 510 g/mol. The van der Waals surface area contributed by atoms with Gasteiger partial charge in [0.15, 0.2) is 0 Å². The maximum absolute atomic E-state index is 4.33. The van der Waals surface area contributed by atoms with Crippen LogP contribution in [0.25, 0.3) is 5.57 Å². The molecule has 2 nitrogen and oxygen atoms in total. The van der Waals surface area contributed by atoms with Crippen LogP contribution < -0.4 is 0 Å². The molecule has 5 rings (SSSR count). The second kappa shape index (κ2) is 13.4. The van der Waals surface area contributed by atoms with Gasteiger partial charge in [-0.15, -0.1) is 5.98 Å². The number of aromatic nitrogens is 2. The molecule has 0 saturated heterocycles. The minimum Gasteiger partial charge on any atom is -0.326 e. The van der Waals surface area contributed by atoms with Gasteiger partial charge in [0, 0.05) is 12.4 Å². The normalized spacial score (nSPS) is 10.9. The van der Waals surface area contributed by atoms with Gasteiger partial charge in [-0.05, 0) is 41.7 Å². The first kappa shape index (κ1) is 26.9. The molecule has 4 heteroatoms. The number of hydrogen-bond acceptors (Lipinski definition) is 1. The van der Waals surface area contributed by atoms with Crippen molar-refractivity contribution in [3.63, 3.8) is 0 Å². The zero-order valence-corrected chi connectivity index (χ0v) is 23.9. The summed E-state index contributed by atoms with van der Waals surface area (Å²) >= 11 is 0. The van der Waals surface area contributed by atoms with E-state index in [1.807, 2.05) is 24.7 Å². The Bertz CT molecular complexity index is 1350. The Hall–Kier alpha value is -4.15. The van der Waals surface area contributed by atoms with Crippen molar-refractivity contribution in [2.45, 2.75) is 19.0 Å². The smallest absolute Gasteiger partial charge is 0.130 e. The van der Waals surface area contributed by atoms with E-state index < -0.39 is 9.52 Å². The lowest BCUT2D eigenvalue weighted by Gasteiger charge is -2.36. The zero-order valence-electron chi connectivity index (χ0n) is 22.5. The highest BCUT2D eigenvalue weighted by molar-refractivity contribution is 6.47. The van der Waals surface area contributed by atoms with E-state index in [0.29, 0.717) is 0 Å². The first-order valence-electron chi connectivity index (χ1n) is 13.1. The Morgan fingerprint density at radius 3 is 1.53 bits per heavy atom. The van der Waals surface area contributed by atoms with E-state index in [9.17, 15) is 0 Å². The lowest BCUT2D eigenvalue weighted by Crippen LogP contribution is -2.41. The first-order valence-corrected chi connectivity index (χ1v) is 14.7. The summed E-state index contributed by atoms with van der Waals surface area (Å²) in [6, 6.07) is 42.5. The molecule has 0 N–H and O–H groups in total. The minimum absolute atomic E-state index is 0.143. The average molecular weight is 511 g/mol. The molecular formula is C34H35BN2Si. The third kappa shape index (κ3) is 6.40. The Morgan fingerprint density at radius 1 is 0.711 bits per heavy atom. The molecule has 0 aliphatic carbocycles. The topological polar surface area (TPSA) is 17.8 Å². The summed E-state index contributed by atoms with van der Waals surface area (Å²) in [5, 5.41) is -0.143. The Kier molecular flexibility index (Phi) is 9.49. The Morgan fingerprint density at radius 2 is 1.16 bits per heavy atom. The molecular weight excluding hydrogens is 475 g/mol. The van der Waals surface area contributed by atoms with E-state index in [-0.39, 0.29) is 5.16 Å². The number of imidazole rings is 1. The molecule has 188 valence electrons. The second-order valence-corrected chi connectivity index (χ2v) is 11.3. The van der Waals surface area contributed by atoms with Gasteiger partial charge in [0.25, 0.3) is 0 Å². The number of nitrogens with zero attached hydrogens (tertiary/aromatic N) is 2. The Balaban J connectivity index is 0.000000194. The molecule has 1 heterocycles. The van der Waals surface area contributed by atoms with Crippen LogP contribution in [0, 0.1) is 0 Å². The van der Waals surface area contributed by atoms with E-state index in [0.717, 1.165) is 0 Å². The van der Waals surface area contributed by atoms with Gasteiger partial charge in [-0.3, -0.25) is 0 Å². The Labute approximate surface area is 230 Å². The SMILES string of the molecule is BC=C(c1ccccc1)c1ccccc1.CC(C)=C[SiH2]C(c1ccccc1)(c1ccccc1)n1ccnc1. The molecule has 1 aromatic heterocycles. The zero-order chi connectivity index (χ0) is 26.6. The maximum Gasteiger partial charge on any atom is 0.130 e. The van der Waals surface area contributed by atoms with Gasteiger partial charge < -0.3 is 4.57 Å². The predicted octanol–water partition coefficient (Wildman–Crippen LogP) is 6.43. The average Bonchev–Trinajstić information content (AvgIpc) is 3.52. The first-order chi connectivity index (χ1) is 18.6. The minimum atomic E-state index is -0.634. The van der Waals surface area contributed by atoms with Crippen molar-refractivity contribution in [1.82, 2.24) is 9.55 Å². The number of allylic oxidation sites excluding steroid dienone is 1. The van der Waals surface area contributed by atoms with Crippen LogP contribution in [-0.2, 0) is 5.16 Å². The van der Waals surface area contributed by atoms with E-state index >= 15 is 0 Å². The van der Waals surface area contributed by atoms with Crippen molar-refractivity contribution in [2.75, 3.05) is 0 Å². The molecule has 5 aromatic rings. The fourth-order valence-corrected chi connectivity index (χ4v) is 6.85. The standard InChI is InChI=1S/C20H22N2Si.C14H13B/c1-17(2)15-23-20(22-14-13-21-16-22,18-9-5-3-6-10-18)19-11-7-4-8-12-19;15-11-14(12-7-3-1-4-8-12)13-9-5-2-6-10-13/h3-16H,23H2,1-2H3;1-11H,15H2. The molecule has 0 aliphatic rings. The van der Waals surface area contributed by atoms with Crippen LogP contribution in [0.4, 0.5) is 0 Å². The van der Waals surface area contributed by atoms with Gasteiger partial charge in [-0.2, -0.15) is 0 Å². The summed E-state index contributed by atoms with van der Waals surface area (Å²) < 4.78 is 2.28. The quantitative estimate of drug-likeness (QED) is 0.231. The molecule has 0 atom stereocenters. The van der Waals surface area contributed by atoms with Crippen molar-refractivity contribution in [2.24, 2.45) is 0 Å². The summed E-state index contributed by atoms with van der Waals surface area (Å²) in [7, 11) is 1.45. The molecule has 0 aliphatic heterocycles. The fourth-order valence-electron chi connectivity index (χ4n) is 4.81. The summed E-state index contributed by atoms with van der Waals surface area (Å²) in [6.45, 7) is 4.36. The van der Waals surface area contributed by atoms with Crippen LogP contribution in [0.1, 0.15) is 36.1 Å². The largest absolute Gasteiger partial charge is 0.326 e. The van der Waals surface area contributed by atoms with Crippen molar-refractivity contribution >= 4 is 22.9 Å².